The van der Waals surface area contributed by atoms with Crippen LogP contribution in [0.5, 0.6) is 0 Å². The van der Waals surface area contributed by atoms with Crippen molar-refractivity contribution in [1.82, 2.24) is 10.2 Å². The summed E-state index contributed by atoms with van der Waals surface area (Å²) >= 11 is 0. The Balaban J connectivity index is 1.08. The van der Waals surface area contributed by atoms with Crippen LogP contribution in [0.15, 0.2) is 35.9 Å². The number of hydrogen-bond donors (Lipinski definition) is 9. The van der Waals surface area contributed by atoms with Crippen LogP contribution < -0.4 is 16.8 Å². The SMILES string of the molecule is COCCCO[C@H]1CC[C@@]2(C)[C@@H](C1)C(=O)C=C1[C@]3(O)CC[C@@H]4[C@](C)(O)C(O)(O)[C@H]5O[C@H]6[C@@H]([C@H]5CO)[C@@]5(CC[C@@H](c7cccc(C(N)N)c7)C5)[C@@H](N[C@@H]6O)C(=O)N5C[C@@H]5CC#C[C@]12CC[C@]43C. The van der Waals surface area contributed by atoms with E-state index in [-0.39, 0.29) is 42.6 Å². The zero-order chi connectivity index (χ0) is 47.0. The van der Waals surface area contributed by atoms with Crippen LogP contribution in [0.3, 0.4) is 0 Å². The molecule has 7 bridgehead atoms. The molecule has 3 saturated heterocycles. The van der Waals surface area contributed by atoms with E-state index in [1.54, 1.807) is 18.1 Å². The molecule has 10 aliphatic rings. The second-order valence-corrected chi connectivity index (χ2v) is 22.6. The van der Waals surface area contributed by atoms with Crippen molar-refractivity contribution in [3.63, 3.8) is 0 Å². The van der Waals surface area contributed by atoms with Crippen LogP contribution in [0.2, 0.25) is 0 Å². The van der Waals surface area contributed by atoms with Crippen LogP contribution in [0, 0.1) is 57.2 Å². The van der Waals surface area contributed by atoms with Crippen molar-refractivity contribution in [2.75, 3.05) is 33.5 Å². The Labute approximate surface area is 388 Å². The van der Waals surface area contributed by atoms with Gasteiger partial charge in [0.25, 0.3) is 0 Å². The van der Waals surface area contributed by atoms with Gasteiger partial charge in [0.15, 0.2) is 5.78 Å². The summed E-state index contributed by atoms with van der Waals surface area (Å²) in [5, 5.41) is 78.6. The number of nitrogens with one attached hydrogen (secondary N) is 1. The number of piperidine rings is 1. The Morgan fingerprint density at radius 1 is 1.00 bits per heavy atom. The van der Waals surface area contributed by atoms with E-state index in [4.69, 9.17) is 25.7 Å². The second-order valence-electron chi connectivity index (χ2n) is 22.6. The monoisotopic (exact) mass is 917 g/mol. The van der Waals surface area contributed by atoms with Crippen molar-refractivity contribution < 1.29 is 54.4 Å². The highest BCUT2D eigenvalue weighted by Crippen LogP contribution is 2.74. The molecule has 5 aliphatic heterocycles. The summed E-state index contributed by atoms with van der Waals surface area (Å²) < 4.78 is 18.1. The molecule has 5 heterocycles. The molecule has 15 heteroatoms. The van der Waals surface area contributed by atoms with Gasteiger partial charge in [-0.15, -0.1) is 5.92 Å². The van der Waals surface area contributed by atoms with E-state index in [0.29, 0.717) is 83.1 Å². The summed E-state index contributed by atoms with van der Waals surface area (Å²) in [7, 11) is 1.66. The van der Waals surface area contributed by atoms with Crippen molar-refractivity contribution >= 4 is 11.7 Å². The molecule has 15 nitrogen and oxygen atoms in total. The lowest BCUT2D eigenvalue weighted by Gasteiger charge is -2.64. The first-order valence-corrected chi connectivity index (χ1v) is 24.6. The van der Waals surface area contributed by atoms with Crippen LogP contribution in [-0.4, -0.2) is 134 Å². The fraction of sp³-hybridized carbons (Fsp3) is 0.765. The maximum atomic E-state index is 15.1. The van der Waals surface area contributed by atoms with Gasteiger partial charge in [0.05, 0.1) is 35.4 Å². The van der Waals surface area contributed by atoms with Gasteiger partial charge in [0, 0.05) is 74.4 Å². The fourth-order valence-electron chi connectivity index (χ4n) is 16.1. The van der Waals surface area contributed by atoms with E-state index in [2.05, 4.69) is 24.1 Å². The summed E-state index contributed by atoms with van der Waals surface area (Å²) in [4.78, 5) is 31.5. The predicted octanol–water partition coefficient (Wildman–Crippen LogP) is 1.85. The van der Waals surface area contributed by atoms with E-state index in [1.807, 2.05) is 31.2 Å². The Hall–Kier alpha value is -2.82. The van der Waals surface area contributed by atoms with Gasteiger partial charge in [0.2, 0.25) is 11.7 Å². The van der Waals surface area contributed by atoms with Gasteiger partial charge in [-0.3, -0.25) is 14.9 Å². The summed E-state index contributed by atoms with van der Waals surface area (Å²) in [5.41, 5.74) is 6.80. The van der Waals surface area contributed by atoms with E-state index >= 15 is 4.79 Å². The number of aliphatic hydroxyl groups excluding tert-OH is 2. The molecular weight excluding hydrogens is 845 g/mol. The molecule has 0 aromatic heterocycles. The third-order valence-corrected chi connectivity index (χ3v) is 19.8. The van der Waals surface area contributed by atoms with Gasteiger partial charge in [-0.05, 0) is 112 Å². The first kappa shape index (κ1) is 46.9. The summed E-state index contributed by atoms with van der Waals surface area (Å²) in [6.45, 7) is 6.39. The third-order valence-electron chi connectivity index (χ3n) is 19.8. The number of fused-ring (bicyclic) bond motifs is 4. The molecule has 362 valence electrons. The van der Waals surface area contributed by atoms with Crippen LogP contribution in [0.1, 0.15) is 121 Å². The molecule has 17 atom stereocenters. The molecule has 2 spiro atoms. The third kappa shape index (κ3) is 6.46. The highest BCUT2D eigenvalue weighted by molar-refractivity contribution is 5.96. The van der Waals surface area contributed by atoms with Gasteiger partial charge in [0.1, 0.15) is 24.0 Å². The van der Waals surface area contributed by atoms with Crippen molar-refractivity contribution in [2.45, 2.75) is 164 Å². The molecule has 66 heavy (non-hydrogen) atoms. The van der Waals surface area contributed by atoms with E-state index < -0.39 is 99.6 Å². The topological polar surface area (TPSA) is 250 Å². The van der Waals surface area contributed by atoms with Gasteiger partial charge < -0.3 is 61.2 Å². The van der Waals surface area contributed by atoms with Crippen molar-refractivity contribution in [3.8, 4) is 11.8 Å². The molecule has 1 amide bonds. The van der Waals surface area contributed by atoms with E-state index in [9.17, 15) is 35.4 Å². The average Bonchev–Trinajstić information content (AvgIpc) is 3.57. The number of amides is 1. The van der Waals surface area contributed by atoms with Crippen LogP contribution >= 0.6 is 0 Å². The predicted molar refractivity (Wildman–Crippen MR) is 240 cm³/mol. The Kier molecular flexibility index (Phi) is 11.4. The van der Waals surface area contributed by atoms with Gasteiger partial charge in [-0.2, -0.15) is 0 Å². The summed E-state index contributed by atoms with van der Waals surface area (Å²) in [5.74, 6) is 0.810. The largest absolute Gasteiger partial charge is 0.396 e. The zero-order valence-electron chi connectivity index (χ0n) is 39.0. The lowest BCUT2D eigenvalue weighted by Crippen LogP contribution is -2.70. The number of allylic oxidation sites excluding steroid dienone is 1. The standard InChI is InChI=1S/C51H72N4O11/c1-45-15-12-32(65-21-7-20-64-4)23-34(45)35(57)24-37-49(45)14-6-10-31-26-55(31)44(59)40-48(16-11-30(25-48)28-8-5-9-29(22-28)42(52)53)38-33(27-56)41(66-39(38)43(58)54-40)51(62,63)47(3,60)36-13-17-50(37,61)46(36,2)18-19-49/h5,8-9,22,24,30-34,36,38-43,54,56,58,60-63H,7,10-13,15-21,23,25-27,52-53H2,1-4H3/t30-,31+,32+,33-,34+,36+,38-,39+,40+,41+,43-,45+,46-,47+,48+,49+,50-,55?/m1/s1. The number of hydrogen-bond acceptors (Lipinski definition) is 14. The maximum Gasteiger partial charge on any atom is 0.240 e. The molecule has 7 fully saturated rings. The number of nitrogens with zero attached hydrogens (tertiary/aromatic N) is 1. The molecule has 11 N–H and O–H groups in total. The normalized spacial score (nSPS) is 47.8. The number of methoxy groups -OCH3 is 1. The highest BCUT2D eigenvalue weighted by atomic mass is 16.6. The van der Waals surface area contributed by atoms with Crippen molar-refractivity contribution in [2.24, 2.45) is 56.8 Å². The zero-order valence-corrected chi connectivity index (χ0v) is 39.0. The van der Waals surface area contributed by atoms with Gasteiger partial charge in [-0.25, -0.2) is 0 Å². The number of aliphatic hydroxyl groups is 6. The van der Waals surface area contributed by atoms with Crippen LogP contribution in [-0.2, 0) is 23.8 Å². The Morgan fingerprint density at radius 3 is 2.53 bits per heavy atom. The number of ether oxygens (including phenoxy) is 3. The quantitative estimate of drug-likeness (QED) is 0.0782. The lowest BCUT2D eigenvalue weighted by atomic mass is 9.39. The summed E-state index contributed by atoms with van der Waals surface area (Å²) in [6.07, 6.45) is 2.50. The minimum Gasteiger partial charge on any atom is -0.396 e. The smallest absolute Gasteiger partial charge is 0.240 e. The van der Waals surface area contributed by atoms with Crippen LogP contribution in [0.25, 0.3) is 0 Å². The van der Waals surface area contributed by atoms with Gasteiger partial charge in [-0.1, -0.05) is 44.0 Å². The average molecular weight is 917 g/mol. The van der Waals surface area contributed by atoms with Crippen molar-refractivity contribution in [1.29, 1.82) is 0 Å². The minimum atomic E-state index is -3.03. The van der Waals surface area contributed by atoms with Crippen LogP contribution in [0.4, 0.5) is 0 Å². The number of carbonyl (C=O) groups excluding carboxylic acids is 2. The Bertz CT molecular complexity index is 2210. The molecule has 1 aromatic rings. The highest BCUT2D eigenvalue weighted by Gasteiger charge is 2.77. The molecule has 4 saturated carbocycles. The number of nitrogens with two attached hydrogens (primary N) is 2. The van der Waals surface area contributed by atoms with E-state index in [1.165, 1.54) is 6.92 Å². The number of ketones is 1. The fourth-order valence-corrected chi connectivity index (χ4v) is 16.1. The first-order chi connectivity index (χ1) is 31.2. The Morgan fingerprint density at radius 2 is 1.79 bits per heavy atom. The summed E-state index contributed by atoms with van der Waals surface area (Å²) in [6, 6.07) is 6.68. The maximum absolute atomic E-state index is 15.1. The molecular formula is C51H72N4O11. The number of rotatable bonds is 8. The second kappa shape index (κ2) is 16.1. The van der Waals surface area contributed by atoms with Gasteiger partial charge >= 0.3 is 0 Å². The molecule has 11 rings (SSSR count). The molecule has 5 aliphatic carbocycles. The van der Waals surface area contributed by atoms with E-state index in [0.717, 1.165) is 17.5 Å². The molecule has 1 aromatic carbocycles. The van der Waals surface area contributed by atoms with Crippen molar-refractivity contribution in [3.05, 3.63) is 47.0 Å². The lowest BCUT2D eigenvalue weighted by molar-refractivity contribution is -0.345. The minimum absolute atomic E-state index is 0.0575. The number of benzene rings is 1. The first-order valence-electron chi connectivity index (χ1n) is 24.6. The molecule has 0 unspecified atom stereocenters. The number of carbonyl (C=O) groups is 2. The molecule has 0 radical (unpaired) electrons.